The minimum absolute atomic E-state index is 0.0800. The van der Waals surface area contributed by atoms with Crippen LogP contribution in [0.25, 0.3) is 0 Å². The van der Waals surface area contributed by atoms with E-state index in [2.05, 4.69) is 20.8 Å². The Morgan fingerprint density at radius 2 is 1.64 bits per heavy atom. The van der Waals surface area contributed by atoms with Crippen molar-refractivity contribution >= 4 is 23.5 Å². The van der Waals surface area contributed by atoms with E-state index in [1.54, 1.807) is 0 Å². The zero-order valence-corrected chi connectivity index (χ0v) is 8.97. The van der Waals surface area contributed by atoms with E-state index in [4.69, 9.17) is 0 Å². The minimum Gasteiger partial charge on any atom is -0.391 e. The van der Waals surface area contributed by atoms with E-state index in [0.717, 1.165) is 11.5 Å². The summed E-state index contributed by atoms with van der Waals surface area (Å²) in [5.74, 6) is 1.82. The third kappa shape index (κ3) is 2.88. The summed E-state index contributed by atoms with van der Waals surface area (Å²) in [6, 6.07) is 0. The number of aliphatic hydroxyl groups excluding tert-OH is 1. The molecule has 11 heavy (non-hydrogen) atoms. The third-order valence-electron chi connectivity index (χ3n) is 1.59. The van der Waals surface area contributed by atoms with Gasteiger partial charge in [0.15, 0.2) is 0 Å². The Bertz CT molecular complexity index is 123. The molecule has 0 aromatic heterocycles. The van der Waals surface area contributed by atoms with Gasteiger partial charge in [0.25, 0.3) is 0 Å². The maximum absolute atomic E-state index is 9.25. The molecule has 1 aliphatic rings. The van der Waals surface area contributed by atoms with Crippen molar-refractivity contribution in [3.05, 3.63) is 0 Å². The lowest BCUT2D eigenvalue weighted by molar-refractivity contribution is 0.223. The van der Waals surface area contributed by atoms with Crippen LogP contribution in [0.3, 0.4) is 0 Å². The van der Waals surface area contributed by atoms with Crippen molar-refractivity contribution in [1.82, 2.24) is 0 Å². The van der Waals surface area contributed by atoms with Crippen LogP contribution in [0.5, 0.6) is 0 Å². The number of hydrogen-bond acceptors (Lipinski definition) is 3. The van der Waals surface area contributed by atoms with Crippen LogP contribution in [0.2, 0.25) is 0 Å². The summed E-state index contributed by atoms with van der Waals surface area (Å²) in [5, 5.41) is 9.25. The van der Waals surface area contributed by atoms with Gasteiger partial charge < -0.3 is 5.11 Å². The summed E-state index contributed by atoms with van der Waals surface area (Å²) < 4.78 is 0.658. The molecule has 66 valence electrons. The molecule has 0 atom stereocenters. The Morgan fingerprint density at radius 3 is 2.00 bits per heavy atom. The Labute approximate surface area is 77.3 Å². The van der Waals surface area contributed by atoms with Crippen molar-refractivity contribution in [2.45, 2.75) is 31.5 Å². The van der Waals surface area contributed by atoms with Crippen LogP contribution in [0.15, 0.2) is 0 Å². The van der Waals surface area contributed by atoms with E-state index in [1.165, 1.54) is 0 Å². The molecule has 0 saturated carbocycles. The topological polar surface area (TPSA) is 20.2 Å². The predicted molar refractivity (Wildman–Crippen MR) is 54.2 cm³/mol. The highest BCUT2D eigenvalue weighted by Crippen LogP contribution is 2.42. The van der Waals surface area contributed by atoms with Gasteiger partial charge in [0, 0.05) is 11.5 Å². The average Bonchev–Trinajstić information content (AvgIpc) is 1.86. The predicted octanol–water partition coefficient (Wildman–Crippen LogP) is 2.20. The van der Waals surface area contributed by atoms with Crippen LogP contribution in [0, 0.1) is 5.41 Å². The van der Waals surface area contributed by atoms with Crippen LogP contribution in [-0.4, -0.2) is 27.3 Å². The van der Waals surface area contributed by atoms with Crippen molar-refractivity contribution < 1.29 is 5.11 Å². The molecule has 0 unspecified atom stereocenters. The van der Waals surface area contributed by atoms with Gasteiger partial charge >= 0.3 is 0 Å². The molecule has 0 aromatic carbocycles. The molecule has 0 radical (unpaired) electrons. The first-order valence-electron chi connectivity index (χ1n) is 3.91. The van der Waals surface area contributed by atoms with Crippen molar-refractivity contribution in [2.75, 3.05) is 11.5 Å². The van der Waals surface area contributed by atoms with E-state index < -0.39 is 0 Å². The molecule has 3 heteroatoms. The molecule has 0 spiro atoms. The van der Waals surface area contributed by atoms with E-state index in [9.17, 15) is 5.11 Å². The van der Waals surface area contributed by atoms with Gasteiger partial charge in [-0.3, -0.25) is 0 Å². The van der Waals surface area contributed by atoms with Gasteiger partial charge in [0.2, 0.25) is 0 Å². The highest BCUT2D eigenvalue weighted by Gasteiger charge is 2.29. The van der Waals surface area contributed by atoms with Crippen molar-refractivity contribution in [1.29, 1.82) is 0 Å². The summed E-state index contributed by atoms with van der Waals surface area (Å²) in [6.45, 7) is 6.78. The second kappa shape index (κ2) is 3.58. The van der Waals surface area contributed by atoms with Gasteiger partial charge in [0.05, 0.1) is 10.7 Å². The zero-order valence-electron chi connectivity index (χ0n) is 7.33. The van der Waals surface area contributed by atoms with E-state index in [0.29, 0.717) is 10.00 Å². The molecule has 0 amide bonds. The molecule has 0 aliphatic carbocycles. The van der Waals surface area contributed by atoms with E-state index in [1.807, 2.05) is 23.5 Å². The molecule has 0 bridgehead atoms. The standard InChI is InChI=1S/C8H16OS2/c1-8(2,3)7-10-4-6(9)5-11-7/h6-7,9H,4-5H2,1-3H3. The first kappa shape index (κ1) is 9.75. The monoisotopic (exact) mass is 192 g/mol. The van der Waals surface area contributed by atoms with Gasteiger partial charge in [-0.15, -0.1) is 23.5 Å². The average molecular weight is 192 g/mol. The summed E-state index contributed by atoms with van der Waals surface area (Å²) in [5.41, 5.74) is 0.371. The van der Waals surface area contributed by atoms with Crippen molar-refractivity contribution in [3.63, 3.8) is 0 Å². The van der Waals surface area contributed by atoms with Gasteiger partial charge in [-0.1, -0.05) is 20.8 Å². The van der Waals surface area contributed by atoms with Crippen LogP contribution in [0.4, 0.5) is 0 Å². The molecule has 1 N–H and O–H groups in total. The normalized spacial score (nSPS) is 33.8. The van der Waals surface area contributed by atoms with Gasteiger partial charge in [-0.25, -0.2) is 0 Å². The summed E-state index contributed by atoms with van der Waals surface area (Å²) in [4.78, 5) is 0. The summed E-state index contributed by atoms with van der Waals surface area (Å²) in [6.07, 6.45) is -0.0800. The first-order chi connectivity index (χ1) is 5.00. The van der Waals surface area contributed by atoms with Gasteiger partial charge in [-0.05, 0) is 5.41 Å². The Balaban J connectivity index is 2.39. The summed E-state index contributed by atoms with van der Waals surface area (Å²) in [7, 11) is 0. The molecule has 1 heterocycles. The van der Waals surface area contributed by atoms with Gasteiger partial charge in [0.1, 0.15) is 0 Å². The second-order valence-electron chi connectivity index (χ2n) is 4.02. The van der Waals surface area contributed by atoms with Crippen LogP contribution in [0.1, 0.15) is 20.8 Å². The zero-order chi connectivity index (χ0) is 8.48. The Hall–Kier alpha value is 0.660. The number of rotatable bonds is 0. The number of hydrogen-bond donors (Lipinski definition) is 1. The highest BCUT2D eigenvalue weighted by atomic mass is 32.2. The molecular weight excluding hydrogens is 176 g/mol. The summed E-state index contributed by atoms with van der Waals surface area (Å²) >= 11 is 3.78. The lowest BCUT2D eigenvalue weighted by Gasteiger charge is -2.34. The second-order valence-corrected chi connectivity index (χ2v) is 6.59. The fourth-order valence-corrected chi connectivity index (χ4v) is 4.03. The maximum Gasteiger partial charge on any atom is 0.0721 e. The Morgan fingerprint density at radius 1 is 1.18 bits per heavy atom. The van der Waals surface area contributed by atoms with Crippen LogP contribution in [-0.2, 0) is 0 Å². The van der Waals surface area contributed by atoms with Crippen LogP contribution >= 0.6 is 23.5 Å². The third-order valence-corrected chi connectivity index (χ3v) is 5.58. The minimum atomic E-state index is -0.0800. The van der Waals surface area contributed by atoms with Crippen molar-refractivity contribution in [3.8, 4) is 0 Å². The smallest absolute Gasteiger partial charge is 0.0721 e. The molecule has 1 saturated heterocycles. The molecule has 1 rings (SSSR count). The first-order valence-corrected chi connectivity index (χ1v) is 6.01. The molecule has 1 fully saturated rings. The molecule has 0 aromatic rings. The quantitative estimate of drug-likeness (QED) is 0.635. The maximum atomic E-state index is 9.25. The fraction of sp³-hybridized carbons (Fsp3) is 1.00. The molecule has 1 nitrogen and oxygen atoms in total. The van der Waals surface area contributed by atoms with Gasteiger partial charge in [-0.2, -0.15) is 0 Å². The molecule has 1 aliphatic heterocycles. The fourth-order valence-electron chi connectivity index (χ4n) is 0.993. The molecular formula is C8H16OS2. The van der Waals surface area contributed by atoms with Crippen molar-refractivity contribution in [2.24, 2.45) is 5.41 Å². The number of thioether (sulfide) groups is 2. The lowest BCUT2D eigenvalue weighted by atomic mass is 10.0. The number of aliphatic hydroxyl groups is 1. The van der Waals surface area contributed by atoms with E-state index >= 15 is 0 Å². The highest BCUT2D eigenvalue weighted by molar-refractivity contribution is 8.17. The van der Waals surface area contributed by atoms with Crippen LogP contribution < -0.4 is 0 Å². The van der Waals surface area contributed by atoms with E-state index in [-0.39, 0.29) is 6.10 Å². The largest absolute Gasteiger partial charge is 0.391 e. The lowest BCUT2D eigenvalue weighted by Crippen LogP contribution is -2.29. The SMILES string of the molecule is CC(C)(C)C1SCC(O)CS1. The Kier molecular flexibility index (Phi) is 3.18.